The summed E-state index contributed by atoms with van der Waals surface area (Å²) >= 11 is 1.62. The molecule has 0 aliphatic carbocycles. The maximum absolute atomic E-state index is 12.8. The lowest BCUT2D eigenvalue weighted by atomic mass is 10.2. The monoisotopic (exact) mass is 412 g/mol. The van der Waals surface area contributed by atoms with Crippen LogP contribution in [0.2, 0.25) is 0 Å². The molecule has 2 aliphatic heterocycles. The van der Waals surface area contributed by atoms with Crippen molar-refractivity contribution in [2.45, 2.75) is 11.9 Å². The number of rotatable bonds is 5. The van der Waals surface area contributed by atoms with Gasteiger partial charge in [-0.05, 0) is 17.7 Å². The van der Waals surface area contributed by atoms with E-state index in [4.69, 9.17) is 9.47 Å². The van der Waals surface area contributed by atoms with Crippen molar-refractivity contribution < 1.29 is 19.1 Å². The third-order valence-electron chi connectivity index (χ3n) is 5.07. The van der Waals surface area contributed by atoms with E-state index in [9.17, 15) is 9.59 Å². The van der Waals surface area contributed by atoms with Gasteiger partial charge < -0.3 is 19.3 Å². The highest BCUT2D eigenvalue weighted by atomic mass is 32.2. The summed E-state index contributed by atoms with van der Waals surface area (Å²) in [4.78, 5) is 28.9. The number of hydrogen-bond acceptors (Lipinski definition) is 5. The summed E-state index contributed by atoms with van der Waals surface area (Å²) in [6.45, 7) is 2.37. The molecule has 152 valence electrons. The molecule has 2 aromatic rings. The van der Waals surface area contributed by atoms with Crippen LogP contribution in [0.15, 0.2) is 54.6 Å². The molecule has 2 heterocycles. The maximum atomic E-state index is 12.8. The summed E-state index contributed by atoms with van der Waals surface area (Å²) in [5, 5.41) is 0. The molecule has 0 radical (unpaired) electrons. The number of thioether (sulfide) groups is 1. The molecule has 1 atom stereocenters. The first-order valence-corrected chi connectivity index (χ1v) is 10.9. The van der Waals surface area contributed by atoms with Crippen LogP contribution in [0.1, 0.15) is 5.56 Å². The van der Waals surface area contributed by atoms with Gasteiger partial charge >= 0.3 is 0 Å². The highest BCUT2D eigenvalue weighted by Crippen LogP contribution is 2.31. The number of benzene rings is 2. The second-order valence-corrected chi connectivity index (χ2v) is 8.03. The van der Waals surface area contributed by atoms with E-state index in [2.05, 4.69) is 12.1 Å². The molecule has 2 amide bonds. The number of fused-ring (bicyclic) bond motifs is 1. The smallest absolute Gasteiger partial charge is 0.267 e. The average Bonchev–Trinajstić information content (AvgIpc) is 2.79. The Hall–Kier alpha value is -2.67. The van der Waals surface area contributed by atoms with Gasteiger partial charge in [0.25, 0.3) is 5.91 Å². The van der Waals surface area contributed by atoms with Gasteiger partial charge in [0.2, 0.25) is 12.0 Å². The molecule has 2 aromatic carbocycles. The second-order valence-electron chi connectivity index (χ2n) is 7.05. The first-order chi connectivity index (χ1) is 14.2. The fourth-order valence-corrected chi connectivity index (χ4v) is 4.33. The van der Waals surface area contributed by atoms with Gasteiger partial charge in [0.1, 0.15) is 6.61 Å². The molecule has 1 saturated heterocycles. The molecule has 0 unspecified atom stereocenters. The van der Waals surface area contributed by atoms with E-state index in [-0.39, 0.29) is 18.4 Å². The number of piperazine rings is 1. The van der Waals surface area contributed by atoms with Crippen LogP contribution in [-0.4, -0.2) is 66.3 Å². The molecule has 6 nitrogen and oxygen atoms in total. The Morgan fingerprint density at radius 3 is 2.31 bits per heavy atom. The van der Waals surface area contributed by atoms with E-state index in [1.807, 2.05) is 41.3 Å². The third kappa shape index (κ3) is 4.85. The molecular formula is C22H24N2O4S. The Morgan fingerprint density at radius 2 is 1.55 bits per heavy atom. The lowest BCUT2D eigenvalue weighted by molar-refractivity contribution is -0.145. The van der Waals surface area contributed by atoms with E-state index < -0.39 is 6.10 Å². The van der Waals surface area contributed by atoms with Gasteiger partial charge in [0, 0.05) is 31.9 Å². The summed E-state index contributed by atoms with van der Waals surface area (Å²) in [5.41, 5.74) is 1.22. The fraction of sp³-hybridized carbons (Fsp3) is 0.364. The van der Waals surface area contributed by atoms with Crippen LogP contribution in [0.3, 0.4) is 0 Å². The normalized spacial score (nSPS) is 18.4. The Bertz CT molecular complexity index is 853. The standard InChI is InChI=1S/C22H24N2O4S/c25-21(16-29-15-17-6-2-1-3-7-17)23-10-12-24(13-11-23)22(26)20-14-27-18-8-4-5-9-19(18)28-20/h1-9,20H,10-16H2/t20-/m1/s1. The molecular weight excluding hydrogens is 388 g/mol. The average molecular weight is 413 g/mol. The lowest BCUT2D eigenvalue weighted by Gasteiger charge is -2.37. The number of carbonyl (C=O) groups is 2. The van der Waals surface area contributed by atoms with Crippen molar-refractivity contribution in [3.05, 3.63) is 60.2 Å². The van der Waals surface area contributed by atoms with Crippen molar-refractivity contribution in [2.75, 3.05) is 38.5 Å². The first kappa shape index (κ1) is 19.6. The van der Waals surface area contributed by atoms with Crippen LogP contribution in [0.25, 0.3) is 0 Å². The Labute approximate surface area is 174 Å². The zero-order chi connectivity index (χ0) is 20.1. The lowest BCUT2D eigenvalue weighted by Crippen LogP contribution is -2.55. The van der Waals surface area contributed by atoms with Crippen molar-refractivity contribution in [3.8, 4) is 11.5 Å². The molecule has 0 aromatic heterocycles. The van der Waals surface area contributed by atoms with Crippen molar-refractivity contribution in [1.82, 2.24) is 9.80 Å². The number of carbonyl (C=O) groups excluding carboxylic acids is 2. The molecule has 29 heavy (non-hydrogen) atoms. The second kappa shape index (κ2) is 9.22. The molecule has 0 N–H and O–H groups in total. The van der Waals surface area contributed by atoms with Crippen LogP contribution in [-0.2, 0) is 15.3 Å². The summed E-state index contributed by atoms with van der Waals surface area (Å²) in [6, 6.07) is 17.5. The zero-order valence-electron chi connectivity index (χ0n) is 16.2. The minimum atomic E-state index is -0.631. The Balaban J connectivity index is 1.22. The molecule has 0 bridgehead atoms. The number of ether oxygens (including phenoxy) is 2. The van der Waals surface area contributed by atoms with E-state index in [0.717, 1.165) is 5.75 Å². The van der Waals surface area contributed by atoms with E-state index in [1.165, 1.54) is 5.56 Å². The van der Waals surface area contributed by atoms with Crippen LogP contribution < -0.4 is 9.47 Å². The van der Waals surface area contributed by atoms with Gasteiger partial charge in [-0.25, -0.2) is 0 Å². The van der Waals surface area contributed by atoms with Crippen LogP contribution in [0.4, 0.5) is 0 Å². The molecule has 0 saturated carbocycles. The van der Waals surface area contributed by atoms with Crippen molar-refractivity contribution in [1.29, 1.82) is 0 Å². The molecule has 0 spiro atoms. The summed E-state index contributed by atoms with van der Waals surface area (Å²) in [6.07, 6.45) is -0.631. The van der Waals surface area contributed by atoms with Gasteiger partial charge in [-0.1, -0.05) is 42.5 Å². The Morgan fingerprint density at radius 1 is 0.897 bits per heavy atom. The molecule has 1 fully saturated rings. The topological polar surface area (TPSA) is 59.1 Å². The SMILES string of the molecule is O=C(CSCc1ccccc1)N1CCN(C(=O)[C@H]2COc3ccccc3O2)CC1. The molecule has 4 rings (SSSR count). The van der Waals surface area contributed by atoms with Gasteiger partial charge in [0.05, 0.1) is 5.75 Å². The fourth-order valence-electron chi connectivity index (χ4n) is 3.44. The quantitative estimate of drug-likeness (QED) is 0.755. The van der Waals surface area contributed by atoms with Crippen molar-refractivity contribution in [3.63, 3.8) is 0 Å². The minimum absolute atomic E-state index is 0.0787. The van der Waals surface area contributed by atoms with Crippen molar-refractivity contribution in [2.24, 2.45) is 0 Å². The minimum Gasteiger partial charge on any atom is -0.485 e. The number of para-hydroxylation sites is 2. The number of hydrogen-bond donors (Lipinski definition) is 0. The Kier molecular flexibility index (Phi) is 6.24. The predicted octanol–water partition coefficient (Wildman–Crippen LogP) is 2.43. The summed E-state index contributed by atoms with van der Waals surface area (Å²) < 4.78 is 11.5. The number of amides is 2. The predicted molar refractivity (Wildman–Crippen MR) is 112 cm³/mol. The van der Waals surface area contributed by atoms with Gasteiger partial charge in [-0.15, -0.1) is 11.8 Å². The van der Waals surface area contributed by atoms with Crippen LogP contribution >= 0.6 is 11.8 Å². The van der Waals surface area contributed by atoms with Crippen LogP contribution in [0.5, 0.6) is 11.5 Å². The van der Waals surface area contributed by atoms with Gasteiger partial charge in [-0.2, -0.15) is 0 Å². The van der Waals surface area contributed by atoms with E-state index >= 15 is 0 Å². The van der Waals surface area contributed by atoms with Gasteiger partial charge in [-0.3, -0.25) is 9.59 Å². The van der Waals surface area contributed by atoms with Crippen molar-refractivity contribution >= 4 is 23.6 Å². The molecule has 7 heteroatoms. The third-order valence-corrected chi connectivity index (χ3v) is 6.05. The van der Waals surface area contributed by atoms with E-state index in [0.29, 0.717) is 43.4 Å². The first-order valence-electron chi connectivity index (χ1n) is 9.77. The largest absolute Gasteiger partial charge is 0.485 e. The molecule has 2 aliphatic rings. The van der Waals surface area contributed by atoms with E-state index in [1.54, 1.807) is 22.7 Å². The number of nitrogens with zero attached hydrogens (tertiary/aromatic N) is 2. The highest BCUT2D eigenvalue weighted by molar-refractivity contribution is 7.99. The van der Waals surface area contributed by atoms with Gasteiger partial charge in [0.15, 0.2) is 11.5 Å². The summed E-state index contributed by atoms with van der Waals surface area (Å²) in [5.74, 6) is 2.60. The van der Waals surface area contributed by atoms with Crippen LogP contribution in [0, 0.1) is 0 Å². The maximum Gasteiger partial charge on any atom is 0.267 e. The summed E-state index contributed by atoms with van der Waals surface area (Å²) in [7, 11) is 0. The zero-order valence-corrected chi connectivity index (χ0v) is 17.0. The highest BCUT2D eigenvalue weighted by Gasteiger charge is 2.33.